The number of nitrogens with one attached hydrogen (secondary N) is 2. The van der Waals surface area contributed by atoms with Gasteiger partial charge in [0.25, 0.3) is 0 Å². The lowest BCUT2D eigenvalue weighted by atomic mass is 10.4. The average Bonchev–Trinajstić information content (AvgIpc) is 2.96. The Morgan fingerprint density at radius 2 is 2.29 bits per heavy atom. The maximum Gasteiger partial charge on any atom is 0.343 e. The smallest absolute Gasteiger partial charge is 0.343 e. The van der Waals surface area contributed by atoms with Crippen LogP contribution >= 0.6 is 23.1 Å². The van der Waals surface area contributed by atoms with Crippen molar-refractivity contribution >= 4 is 39.3 Å². The quantitative estimate of drug-likeness (QED) is 0.714. The Balaban J connectivity index is 2.10. The maximum absolute atomic E-state index is 11.5. The molecule has 0 atom stereocenters. The minimum Gasteiger partial charge on any atom is -0.354 e. The van der Waals surface area contributed by atoms with Gasteiger partial charge < -0.3 is 5.32 Å². The standard InChI is InChI=1S/C12H14N6OS2/c1-4-13-10-14-8-7(5-6(2)20-8)9(15-10)21-12-17-16-11(19)18(12)3/h5H,4H2,1-3H3,(H,16,19)(H,13,14,15). The second kappa shape index (κ2) is 5.49. The summed E-state index contributed by atoms with van der Waals surface area (Å²) in [5, 5.41) is 11.9. The van der Waals surface area contributed by atoms with Crippen molar-refractivity contribution in [2.45, 2.75) is 24.0 Å². The molecule has 2 N–H and O–H groups in total. The zero-order valence-electron chi connectivity index (χ0n) is 11.8. The number of H-pyrrole nitrogens is 1. The van der Waals surface area contributed by atoms with Crippen molar-refractivity contribution in [2.75, 3.05) is 11.9 Å². The topological polar surface area (TPSA) is 88.5 Å². The summed E-state index contributed by atoms with van der Waals surface area (Å²) >= 11 is 2.98. The number of aromatic nitrogens is 5. The molecule has 0 aliphatic carbocycles. The van der Waals surface area contributed by atoms with E-state index < -0.39 is 0 Å². The first-order valence-corrected chi connectivity index (χ1v) is 8.03. The summed E-state index contributed by atoms with van der Waals surface area (Å²) in [5.41, 5.74) is -0.240. The Bertz CT molecular complexity index is 849. The van der Waals surface area contributed by atoms with Crippen LogP contribution in [0.4, 0.5) is 5.95 Å². The Hall–Kier alpha value is -1.87. The molecular formula is C12H14N6OS2. The van der Waals surface area contributed by atoms with Gasteiger partial charge in [0.1, 0.15) is 9.86 Å². The molecule has 0 radical (unpaired) electrons. The molecule has 9 heteroatoms. The van der Waals surface area contributed by atoms with E-state index in [1.54, 1.807) is 18.4 Å². The number of hydrogen-bond acceptors (Lipinski definition) is 7. The zero-order valence-corrected chi connectivity index (χ0v) is 13.4. The van der Waals surface area contributed by atoms with Crippen molar-refractivity contribution < 1.29 is 0 Å². The summed E-state index contributed by atoms with van der Waals surface area (Å²) in [6.45, 7) is 4.79. The molecule has 7 nitrogen and oxygen atoms in total. The van der Waals surface area contributed by atoms with Crippen molar-refractivity contribution in [3.05, 3.63) is 21.4 Å². The van der Waals surface area contributed by atoms with Gasteiger partial charge in [-0.1, -0.05) is 0 Å². The average molecular weight is 322 g/mol. The fourth-order valence-corrected chi connectivity index (χ4v) is 3.67. The highest BCUT2D eigenvalue weighted by Gasteiger charge is 2.14. The molecule has 3 rings (SSSR count). The monoisotopic (exact) mass is 322 g/mol. The Morgan fingerprint density at radius 3 is 2.95 bits per heavy atom. The van der Waals surface area contributed by atoms with Gasteiger partial charge in [-0.05, 0) is 31.7 Å². The van der Waals surface area contributed by atoms with E-state index in [0.29, 0.717) is 11.1 Å². The summed E-state index contributed by atoms with van der Waals surface area (Å²) in [4.78, 5) is 22.6. The van der Waals surface area contributed by atoms with Gasteiger partial charge in [0.05, 0.1) is 0 Å². The van der Waals surface area contributed by atoms with Crippen molar-refractivity contribution in [2.24, 2.45) is 7.05 Å². The summed E-state index contributed by atoms with van der Waals surface area (Å²) in [7, 11) is 1.68. The van der Waals surface area contributed by atoms with Crippen molar-refractivity contribution in [1.29, 1.82) is 0 Å². The van der Waals surface area contributed by atoms with Crippen LogP contribution in [-0.2, 0) is 7.05 Å². The molecule has 0 fully saturated rings. The lowest BCUT2D eigenvalue weighted by Crippen LogP contribution is -2.12. The third kappa shape index (κ3) is 2.66. The Labute approximate surface area is 128 Å². The highest BCUT2D eigenvalue weighted by molar-refractivity contribution is 7.99. The SMILES string of the molecule is CCNc1nc(Sc2n[nH]c(=O)n2C)c2cc(C)sc2n1. The van der Waals surface area contributed by atoms with E-state index in [1.165, 1.54) is 21.2 Å². The molecule has 0 saturated carbocycles. The summed E-state index contributed by atoms with van der Waals surface area (Å²) in [6.07, 6.45) is 0. The second-order valence-electron chi connectivity index (χ2n) is 4.43. The second-order valence-corrected chi connectivity index (χ2v) is 6.62. The fourth-order valence-electron chi connectivity index (χ4n) is 1.84. The zero-order chi connectivity index (χ0) is 15.0. The van der Waals surface area contributed by atoms with Gasteiger partial charge in [-0.25, -0.2) is 19.9 Å². The van der Waals surface area contributed by atoms with E-state index in [0.717, 1.165) is 21.8 Å². The Morgan fingerprint density at radius 1 is 1.48 bits per heavy atom. The predicted molar refractivity (Wildman–Crippen MR) is 84.3 cm³/mol. The molecule has 110 valence electrons. The van der Waals surface area contributed by atoms with Crippen LogP contribution in [0.15, 0.2) is 21.0 Å². The van der Waals surface area contributed by atoms with Gasteiger partial charge in [-0.15, -0.1) is 16.4 Å². The normalized spacial score (nSPS) is 11.2. The first kappa shape index (κ1) is 14.1. The molecule has 3 aromatic heterocycles. The minimum atomic E-state index is -0.240. The van der Waals surface area contributed by atoms with Crippen LogP contribution in [0.5, 0.6) is 0 Å². The Kier molecular flexibility index (Phi) is 3.68. The third-order valence-electron chi connectivity index (χ3n) is 2.84. The maximum atomic E-state index is 11.5. The lowest BCUT2D eigenvalue weighted by molar-refractivity contribution is 0.765. The van der Waals surface area contributed by atoms with E-state index in [-0.39, 0.29) is 5.69 Å². The van der Waals surface area contributed by atoms with Crippen LogP contribution in [0.3, 0.4) is 0 Å². The molecule has 0 aromatic carbocycles. The third-order valence-corrected chi connectivity index (χ3v) is 4.84. The molecule has 21 heavy (non-hydrogen) atoms. The number of rotatable bonds is 4. The number of thiophene rings is 1. The predicted octanol–water partition coefficient (Wildman–Crippen LogP) is 2.00. The van der Waals surface area contributed by atoms with Gasteiger partial charge >= 0.3 is 5.69 Å². The van der Waals surface area contributed by atoms with Crippen molar-refractivity contribution in [3.63, 3.8) is 0 Å². The van der Waals surface area contributed by atoms with Gasteiger partial charge in [-0.3, -0.25) is 4.57 Å². The lowest BCUT2D eigenvalue weighted by Gasteiger charge is -2.05. The van der Waals surface area contributed by atoms with Crippen LogP contribution in [-0.4, -0.2) is 31.3 Å². The number of anilines is 1. The minimum absolute atomic E-state index is 0.240. The highest BCUT2D eigenvalue weighted by atomic mass is 32.2. The van der Waals surface area contributed by atoms with E-state index >= 15 is 0 Å². The number of aromatic amines is 1. The molecular weight excluding hydrogens is 308 g/mol. The molecule has 0 amide bonds. The highest BCUT2D eigenvalue weighted by Crippen LogP contribution is 2.34. The van der Waals surface area contributed by atoms with Crippen LogP contribution in [0.1, 0.15) is 11.8 Å². The summed E-state index contributed by atoms with van der Waals surface area (Å²) in [6, 6.07) is 2.06. The number of nitrogens with zero attached hydrogens (tertiary/aromatic N) is 4. The fraction of sp³-hybridized carbons (Fsp3) is 0.333. The van der Waals surface area contributed by atoms with Crippen LogP contribution in [0.2, 0.25) is 0 Å². The molecule has 0 saturated heterocycles. The van der Waals surface area contributed by atoms with Crippen molar-refractivity contribution in [1.82, 2.24) is 24.7 Å². The van der Waals surface area contributed by atoms with Gasteiger partial charge in [-0.2, -0.15) is 0 Å². The molecule has 3 heterocycles. The first-order valence-electron chi connectivity index (χ1n) is 6.39. The first-order chi connectivity index (χ1) is 10.1. The molecule has 0 aliphatic rings. The molecule has 3 aromatic rings. The molecule has 0 bridgehead atoms. The molecule has 0 aliphatic heterocycles. The van der Waals surface area contributed by atoms with Gasteiger partial charge in [0.2, 0.25) is 5.95 Å². The van der Waals surface area contributed by atoms with E-state index in [4.69, 9.17) is 0 Å². The number of fused-ring (bicyclic) bond motifs is 1. The van der Waals surface area contributed by atoms with Gasteiger partial charge in [0.15, 0.2) is 5.16 Å². The summed E-state index contributed by atoms with van der Waals surface area (Å²) in [5.74, 6) is 0.592. The van der Waals surface area contributed by atoms with Crippen LogP contribution in [0.25, 0.3) is 10.2 Å². The summed E-state index contributed by atoms with van der Waals surface area (Å²) < 4.78 is 1.46. The van der Waals surface area contributed by atoms with E-state index in [1.807, 2.05) is 13.8 Å². The number of aryl methyl sites for hydroxylation is 1. The van der Waals surface area contributed by atoms with E-state index in [9.17, 15) is 4.79 Å². The molecule has 0 unspecified atom stereocenters. The largest absolute Gasteiger partial charge is 0.354 e. The van der Waals surface area contributed by atoms with E-state index in [2.05, 4.69) is 31.5 Å². The molecule has 0 spiro atoms. The van der Waals surface area contributed by atoms with Gasteiger partial charge in [0, 0.05) is 23.9 Å². The van der Waals surface area contributed by atoms with Crippen LogP contribution in [0, 0.1) is 6.92 Å². The van der Waals surface area contributed by atoms with Crippen LogP contribution < -0.4 is 11.0 Å². The van der Waals surface area contributed by atoms with Crippen molar-refractivity contribution in [3.8, 4) is 0 Å². The number of hydrogen-bond donors (Lipinski definition) is 2.